The molecule has 0 aromatic carbocycles. The Morgan fingerprint density at radius 1 is 1.32 bits per heavy atom. The fraction of sp³-hybridized carbons (Fsp3) is 0.435. The van der Waals surface area contributed by atoms with Crippen LogP contribution >= 0.6 is 0 Å². The maximum atomic E-state index is 12.2. The van der Waals surface area contributed by atoms with Crippen molar-refractivity contribution in [1.29, 1.82) is 0 Å². The summed E-state index contributed by atoms with van der Waals surface area (Å²) >= 11 is 0. The van der Waals surface area contributed by atoms with Crippen molar-refractivity contribution in [2.24, 2.45) is 5.92 Å². The quantitative estimate of drug-likeness (QED) is 0.790. The molecule has 2 aliphatic carbocycles. The molecule has 3 aliphatic rings. The molecule has 0 spiro atoms. The molecule has 1 fully saturated rings. The topological polar surface area (TPSA) is 62.3 Å². The van der Waals surface area contributed by atoms with E-state index < -0.39 is 0 Å². The van der Waals surface area contributed by atoms with Gasteiger partial charge in [-0.15, -0.1) is 6.58 Å². The first kappa shape index (κ1) is 18.7. The minimum atomic E-state index is 0.0846. The van der Waals surface area contributed by atoms with Crippen LogP contribution in [-0.2, 0) is 16.0 Å². The molecule has 5 nitrogen and oxygen atoms in total. The Morgan fingerprint density at radius 2 is 2.18 bits per heavy atom. The number of amides is 2. The summed E-state index contributed by atoms with van der Waals surface area (Å²) in [5.41, 5.74) is 4.60. The standard InChI is InChI=1S/C23H27N3O2/c1-2-6-22(27)26-13-11-16(12-14-26)19-15-21(25-23(28)17-9-10-17)24-20-8-5-3-4-7-18(19)20/h2,4,7,11,15,17H,1,3,5-6,8-10,12-14H2,(H,24,25,28). The highest BCUT2D eigenvalue weighted by atomic mass is 16.2. The molecular weight excluding hydrogens is 350 g/mol. The second-order valence-corrected chi connectivity index (χ2v) is 7.79. The Hall–Kier alpha value is -2.69. The number of nitrogens with one attached hydrogen (secondary N) is 1. The van der Waals surface area contributed by atoms with Crippen molar-refractivity contribution in [3.63, 3.8) is 0 Å². The predicted molar refractivity (Wildman–Crippen MR) is 112 cm³/mol. The van der Waals surface area contributed by atoms with E-state index in [9.17, 15) is 9.59 Å². The number of rotatable bonds is 5. The second kappa shape index (κ2) is 8.13. The van der Waals surface area contributed by atoms with Crippen LogP contribution < -0.4 is 5.32 Å². The van der Waals surface area contributed by atoms with Gasteiger partial charge in [-0.3, -0.25) is 9.59 Å². The molecule has 2 heterocycles. The third kappa shape index (κ3) is 4.08. The average Bonchev–Trinajstić information content (AvgIpc) is 3.55. The smallest absolute Gasteiger partial charge is 0.228 e. The van der Waals surface area contributed by atoms with Gasteiger partial charge in [-0.05, 0) is 55.7 Å². The minimum Gasteiger partial charge on any atom is -0.338 e. The van der Waals surface area contributed by atoms with E-state index in [0.717, 1.165) is 49.8 Å². The van der Waals surface area contributed by atoms with Crippen LogP contribution in [0.4, 0.5) is 5.82 Å². The van der Waals surface area contributed by atoms with E-state index in [1.54, 1.807) is 6.08 Å². The first-order valence-corrected chi connectivity index (χ1v) is 10.2. The number of anilines is 1. The lowest BCUT2D eigenvalue weighted by atomic mass is 9.93. The lowest BCUT2D eigenvalue weighted by molar-refractivity contribution is -0.129. The van der Waals surface area contributed by atoms with E-state index in [-0.39, 0.29) is 17.7 Å². The lowest BCUT2D eigenvalue weighted by Crippen LogP contribution is -2.34. The molecule has 146 valence electrons. The molecule has 0 saturated heterocycles. The second-order valence-electron chi connectivity index (χ2n) is 7.79. The van der Waals surface area contributed by atoms with Gasteiger partial charge in [0, 0.05) is 31.0 Å². The largest absolute Gasteiger partial charge is 0.338 e. The zero-order chi connectivity index (χ0) is 19.5. The van der Waals surface area contributed by atoms with Gasteiger partial charge < -0.3 is 10.2 Å². The zero-order valence-electron chi connectivity index (χ0n) is 16.2. The van der Waals surface area contributed by atoms with Crippen molar-refractivity contribution < 1.29 is 9.59 Å². The molecule has 0 bridgehead atoms. The summed E-state index contributed by atoms with van der Waals surface area (Å²) in [5.74, 6) is 1.02. The first-order chi connectivity index (χ1) is 13.7. The van der Waals surface area contributed by atoms with Crippen LogP contribution in [0.1, 0.15) is 55.3 Å². The van der Waals surface area contributed by atoms with Crippen LogP contribution in [0.15, 0.2) is 30.9 Å². The van der Waals surface area contributed by atoms with Crippen LogP contribution in [0.25, 0.3) is 11.6 Å². The van der Waals surface area contributed by atoms with Gasteiger partial charge >= 0.3 is 0 Å². The molecule has 2 amide bonds. The normalized spacial score (nSPS) is 18.7. The van der Waals surface area contributed by atoms with E-state index >= 15 is 0 Å². The molecule has 28 heavy (non-hydrogen) atoms. The van der Waals surface area contributed by atoms with Crippen LogP contribution in [0.2, 0.25) is 0 Å². The number of nitrogens with zero attached hydrogens (tertiary/aromatic N) is 2. The van der Waals surface area contributed by atoms with Gasteiger partial charge in [-0.1, -0.05) is 24.3 Å². The third-order valence-corrected chi connectivity index (χ3v) is 5.63. The molecule has 1 aromatic heterocycles. The number of hydrogen-bond acceptors (Lipinski definition) is 3. The van der Waals surface area contributed by atoms with E-state index in [2.05, 4.69) is 30.1 Å². The molecule has 1 aliphatic heterocycles. The highest BCUT2D eigenvalue weighted by molar-refractivity contribution is 5.94. The highest BCUT2D eigenvalue weighted by Gasteiger charge is 2.30. The van der Waals surface area contributed by atoms with Crippen LogP contribution in [0.3, 0.4) is 0 Å². The van der Waals surface area contributed by atoms with Crippen molar-refractivity contribution in [3.8, 4) is 0 Å². The lowest BCUT2D eigenvalue weighted by Gasteiger charge is -2.27. The molecule has 1 N–H and O–H groups in total. The fourth-order valence-electron chi connectivity index (χ4n) is 3.87. The van der Waals surface area contributed by atoms with Gasteiger partial charge in [-0.2, -0.15) is 0 Å². The SMILES string of the molecule is C=CCC(=O)N1CC=C(c2cc(NC(=O)C3CC3)nc3c2C=CCCC3)CC1. The Labute approximate surface area is 166 Å². The number of aryl methyl sites for hydroxylation is 1. The van der Waals surface area contributed by atoms with Crippen molar-refractivity contribution in [3.05, 3.63) is 47.7 Å². The van der Waals surface area contributed by atoms with Crippen LogP contribution in [-0.4, -0.2) is 34.8 Å². The van der Waals surface area contributed by atoms with Crippen molar-refractivity contribution in [2.75, 3.05) is 18.4 Å². The van der Waals surface area contributed by atoms with Crippen molar-refractivity contribution in [1.82, 2.24) is 9.88 Å². The predicted octanol–water partition coefficient (Wildman–Crippen LogP) is 3.97. The summed E-state index contributed by atoms with van der Waals surface area (Å²) in [6.07, 6.45) is 14.4. The molecular formula is C23H27N3O2. The van der Waals surface area contributed by atoms with Gasteiger partial charge in [0.1, 0.15) is 5.82 Å². The van der Waals surface area contributed by atoms with Gasteiger partial charge in [0.15, 0.2) is 0 Å². The number of allylic oxidation sites excluding steroid dienone is 1. The van der Waals surface area contributed by atoms with Gasteiger partial charge in [-0.25, -0.2) is 4.98 Å². The summed E-state index contributed by atoms with van der Waals surface area (Å²) in [6, 6.07) is 2.02. The van der Waals surface area contributed by atoms with E-state index in [4.69, 9.17) is 4.98 Å². The Morgan fingerprint density at radius 3 is 2.89 bits per heavy atom. The number of carbonyl (C=O) groups excluding carboxylic acids is 2. The van der Waals surface area contributed by atoms with E-state index in [0.29, 0.717) is 25.3 Å². The summed E-state index contributed by atoms with van der Waals surface area (Å²) < 4.78 is 0. The minimum absolute atomic E-state index is 0.0846. The summed E-state index contributed by atoms with van der Waals surface area (Å²) in [7, 11) is 0. The molecule has 0 radical (unpaired) electrons. The van der Waals surface area contributed by atoms with E-state index in [1.807, 2.05) is 11.0 Å². The van der Waals surface area contributed by atoms with E-state index in [1.165, 1.54) is 11.1 Å². The molecule has 1 saturated carbocycles. The number of fused-ring (bicyclic) bond motifs is 1. The molecule has 0 unspecified atom stereocenters. The maximum absolute atomic E-state index is 12.2. The Kier molecular flexibility index (Phi) is 5.42. The fourth-order valence-corrected chi connectivity index (χ4v) is 3.87. The van der Waals surface area contributed by atoms with Crippen LogP contribution in [0.5, 0.6) is 0 Å². The Bertz CT molecular complexity index is 865. The average molecular weight is 377 g/mol. The third-order valence-electron chi connectivity index (χ3n) is 5.63. The molecule has 5 heteroatoms. The first-order valence-electron chi connectivity index (χ1n) is 10.2. The summed E-state index contributed by atoms with van der Waals surface area (Å²) in [6.45, 7) is 4.98. The molecule has 4 rings (SSSR count). The molecule has 1 aromatic rings. The number of hydrogen-bond donors (Lipinski definition) is 1. The van der Waals surface area contributed by atoms with Gasteiger partial charge in [0.2, 0.25) is 11.8 Å². The van der Waals surface area contributed by atoms with Crippen molar-refractivity contribution in [2.45, 2.75) is 44.9 Å². The number of aromatic nitrogens is 1. The summed E-state index contributed by atoms with van der Waals surface area (Å²) in [4.78, 5) is 31.0. The number of carbonyl (C=O) groups is 2. The van der Waals surface area contributed by atoms with Crippen molar-refractivity contribution >= 4 is 29.3 Å². The Balaban J connectivity index is 1.63. The van der Waals surface area contributed by atoms with Gasteiger partial charge in [0.05, 0.1) is 5.69 Å². The number of pyridine rings is 1. The van der Waals surface area contributed by atoms with Crippen LogP contribution in [0, 0.1) is 5.92 Å². The zero-order valence-corrected chi connectivity index (χ0v) is 16.2. The maximum Gasteiger partial charge on any atom is 0.228 e. The van der Waals surface area contributed by atoms with Gasteiger partial charge in [0.25, 0.3) is 0 Å². The highest BCUT2D eigenvalue weighted by Crippen LogP contribution is 2.34. The summed E-state index contributed by atoms with van der Waals surface area (Å²) in [5, 5.41) is 3.02. The monoisotopic (exact) mass is 377 g/mol. The molecule has 0 atom stereocenters.